The molecule has 0 unspecified atom stereocenters. The Morgan fingerprint density at radius 1 is 1.22 bits per heavy atom. The van der Waals surface area contributed by atoms with Gasteiger partial charge in [0.15, 0.2) is 0 Å². The molecule has 3 heteroatoms. The average molecular weight is 258 g/mol. The number of anilines is 1. The number of hydrogen-bond acceptors (Lipinski definition) is 3. The van der Waals surface area contributed by atoms with Gasteiger partial charge < -0.3 is 5.32 Å². The highest BCUT2D eigenvalue weighted by Crippen LogP contribution is 2.27. The lowest BCUT2D eigenvalue weighted by Gasteiger charge is -2.18. The first-order valence-electron chi connectivity index (χ1n) is 6.38. The summed E-state index contributed by atoms with van der Waals surface area (Å²) in [6.07, 6.45) is 1.16. The summed E-state index contributed by atoms with van der Waals surface area (Å²) in [5.74, 6) is 0. The third kappa shape index (κ3) is 2.42. The zero-order valence-electron chi connectivity index (χ0n) is 10.6. The van der Waals surface area contributed by atoms with Crippen LogP contribution in [0.4, 0.5) is 5.69 Å². The van der Waals surface area contributed by atoms with Crippen molar-refractivity contribution < 1.29 is 0 Å². The molecule has 18 heavy (non-hydrogen) atoms. The largest absolute Gasteiger partial charge is 0.384 e. The molecule has 1 N–H and O–H groups in total. The molecule has 0 saturated heterocycles. The van der Waals surface area contributed by atoms with E-state index in [2.05, 4.69) is 53.0 Å². The maximum Gasteiger partial charge on any atom is 0.0419 e. The van der Waals surface area contributed by atoms with E-state index in [0.29, 0.717) is 0 Å². The molecule has 0 amide bonds. The molecule has 1 aromatic carbocycles. The summed E-state index contributed by atoms with van der Waals surface area (Å²) in [5.41, 5.74) is 4.26. The highest BCUT2D eigenvalue weighted by molar-refractivity contribution is 7.09. The molecule has 94 valence electrons. The molecule has 0 aliphatic carbocycles. The fraction of sp³-hybridized carbons (Fsp3) is 0.333. The summed E-state index contributed by atoms with van der Waals surface area (Å²) >= 11 is 1.83. The number of nitrogens with zero attached hydrogens (tertiary/aromatic N) is 1. The van der Waals surface area contributed by atoms with E-state index < -0.39 is 0 Å². The number of para-hydroxylation sites is 1. The zero-order valence-corrected chi connectivity index (χ0v) is 11.5. The van der Waals surface area contributed by atoms with Crippen LogP contribution < -0.4 is 5.32 Å². The maximum atomic E-state index is 3.51. The van der Waals surface area contributed by atoms with Gasteiger partial charge in [0.1, 0.15) is 0 Å². The number of nitrogens with one attached hydrogen (secondary N) is 1. The van der Waals surface area contributed by atoms with Gasteiger partial charge in [0.05, 0.1) is 0 Å². The monoisotopic (exact) mass is 258 g/mol. The topological polar surface area (TPSA) is 15.3 Å². The van der Waals surface area contributed by atoms with Gasteiger partial charge in [0.2, 0.25) is 0 Å². The minimum atomic E-state index is 1.01. The molecule has 2 nitrogen and oxygen atoms in total. The fourth-order valence-corrected chi connectivity index (χ4v) is 3.34. The van der Waals surface area contributed by atoms with Gasteiger partial charge in [0, 0.05) is 30.2 Å². The Bertz CT molecular complexity index is 519. The Balaban J connectivity index is 1.71. The van der Waals surface area contributed by atoms with Crippen LogP contribution in [0.2, 0.25) is 0 Å². The van der Waals surface area contributed by atoms with E-state index in [4.69, 9.17) is 0 Å². The van der Waals surface area contributed by atoms with Crippen molar-refractivity contribution in [2.75, 3.05) is 18.9 Å². The molecule has 0 bridgehead atoms. The summed E-state index contributed by atoms with van der Waals surface area (Å²) in [6.45, 7) is 3.12. The number of fused-ring (bicyclic) bond motifs is 1. The molecule has 1 aliphatic heterocycles. The lowest BCUT2D eigenvalue weighted by Crippen LogP contribution is -2.17. The first-order valence-corrected chi connectivity index (χ1v) is 7.26. The van der Waals surface area contributed by atoms with E-state index in [1.807, 2.05) is 11.3 Å². The van der Waals surface area contributed by atoms with Gasteiger partial charge in [-0.05, 0) is 36.0 Å². The smallest absolute Gasteiger partial charge is 0.0419 e. The van der Waals surface area contributed by atoms with E-state index in [1.165, 1.54) is 21.7 Å². The number of hydrogen-bond donors (Lipinski definition) is 1. The van der Waals surface area contributed by atoms with E-state index in [1.54, 1.807) is 0 Å². The van der Waals surface area contributed by atoms with Crippen molar-refractivity contribution in [2.45, 2.75) is 19.5 Å². The molecule has 1 aliphatic rings. The van der Waals surface area contributed by atoms with Crippen LogP contribution in [-0.2, 0) is 19.5 Å². The number of rotatable bonds is 4. The normalized spacial score (nSPS) is 13.7. The molecule has 2 heterocycles. The van der Waals surface area contributed by atoms with E-state index in [-0.39, 0.29) is 0 Å². The second kappa shape index (κ2) is 5.12. The molecule has 0 atom stereocenters. The van der Waals surface area contributed by atoms with Crippen LogP contribution in [-0.4, -0.2) is 18.5 Å². The van der Waals surface area contributed by atoms with Crippen molar-refractivity contribution in [1.82, 2.24) is 4.90 Å². The SMILES string of the molecule is CN(Cc1cccs1)Cc1cccc2c1NCC2. The zero-order chi connectivity index (χ0) is 12.4. The molecular weight excluding hydrogens is 240 g/mol. The lowest BCUT2D eigenvalue weighted by atomic mass is 10.1. The van der Waals surface area contributed by atoms with Crippen molar-refractivity contribution in [3.05, 3.63) is 51.7 Å². The molecule has 0 fully saturated rings. The Morgan fingerprint density at radius 3 is 3.00 bits per heavy atom. The lowest BCUT2D eigenvalue weighted by molar-refractivity contribution is 0.322. The summed E-state index contributed by atoms with van der Waals surface area (Å²) < 4.78 is 0. The maximum absolute atomic E-state index is 3.51. The number of benzene rings is 1. The van der Waals surface area contributed by atoms with Crippen LogP contribution >= 0.6 is 11.3 Å². The predicted molar refractivity (Wildman–Crippen MR) is 78.1 cm³/mol. The van der Waals surface area contributed by atoms with Crippen LogP contribution in [0.15, 0.2) is 35.7 Å². The third-order valence-corrected chi connectivity index (χ3v) is 4.24. The van der Waals surface area contributed by atoms with Gasteiger partial charge in [-0.1, -0.05) is 24.3 Å². The summed E-state index contributed by atoms with van der Waals surface area (Å²) in [4.78, 5) is 3.81. The average Bonchev–Trinajstić information content (AvgIpc) is 2.99. The second-order valence-corrected chi connectivity index (χ2v) is 5.91. The van der Waals surface area contributed by atoms with Crippen LogP contribution in [0, 0.1) is 0 Å². The predicted octanol–water partition coefficient (Wildman–Crippen LogP) is 3.35. The van der Waals surface area contributed by atoms with Crippen molar-refractivity contribution in [1.29, 1.82) is 0 Å². The second-order valence-electron chi connectivity index (χ2n) is 4.88. The first-order chi connectivity index (χ1) is 8.83. The molecule has 1 aromatic heterocycles. The Morgan fingerprint density at radius 2 is 2.17 bits per heavy atom. The minimum Gasteiger partial charge on any atom is -0.384 e. The van der Waals surface area contributed by atoms with Crippen LogP contribution in [0.1, 0.15) is 16.0 Å². The van der Waals surface area contributed by atoms with Gasteiger partial charge in [-0.2, -0.15) is 0 Å². The molecule has 0 saturated carbocycles. The van der Waals surface area contributed by atoms with Crippen LogP contribution in [0.5, 0.6) is 0 Å². The standard InChI is InChI=1S/C15H18N2S/c1-17(11-14-6-3-9-18-14)10-13-5-2-4-12-7-8-16-15(12)13/h2-6,9,16H,7-8,10-11H2,1H3. The van der Waals surface area contributed by atoms with Crippen LogP contribution in [0.25, 0.3) is 0 Å². The molecular formula is C15H18N2S. The van der Waals surface area contributed by atoms with E-state index in [9.17, 15) is 0 Å². The molecule has 0 radical (unpaired) electrons. The quantitative estimate of drug-likeness (QED) is 0.904. The molecule has 3 rings (SSSR count). The van der Waals surface area contributed by atoms with Gasteiger partial charge in [-0.25, -0.2) is 0 Å². The van der Waals surface area contributed by atoms with E-state index >= 15 is 0 Å². The summed E-state index contributed by atoms with van der Waals surface area (Å²) in [7, 11) is 2.19. The van der Waals surface area contributed by atoms with E-state index in [0.717, 1.165) is 26.1 Å². The van der Waals surface area contributed by atoms with Gasteiger partial charge >= 0.3 is 0 Å². The fourth-order valence-electron chi connectivity index (χ4n) is 2.56. The highest BCUT2D eigenvalue weighted by atomic mass is 32.1. The summed E-state index contributed by atoms with van der Waals surface area (Å²) in [5, 5.41) is 5.65. The van der Waals surface area contributed by atoms with Crippen molar-refractivity contribution in [3.8, 4) is 0 Å². The van der Waals surface area contributed by atoms with Crippen molar-refractivity contribution in [2.24, 2.45) is 0 Å². The molecule has 2 aromatic rings. The Kier molecular flexibility index (Phi) is 3.35. The highest BCUT2D eigenvalue weighted by Gasteiger charge is 2.14. The van der Waals surface area contributed by atoms with Gasteiger partial charge in [-0.15, -0.1) is 11.3 Å². The van der Waals surface area contributed by atoms with Crippen molar-refractivity contribution in [3.63, 3.8) is 0 Å². The van der Waals surface area contributed by atoms with Crippen molar-refractivity contribution >= 4 is 17.0 Å². The number of thiophene rings is 1. The van der Waals surface area contributed by atoms with Gasteiger partial charge in [0.25, 0.3) is 0 Å². The third-order valence-electron chi connectivity index (χ3n) is 3.38. The Labute approximate surface area is 112 Å². The minimum absolute atomic E-state index is 1.01. The molecule has 0 spiro atoms. The van der Waals surface area contributed by atoms with Gasteiger partial charge in [-0.3, -0.25) is 4.90 Å². The van der Waals surface area contributed by atoms with Crippen LogP contribution in [0.3, 0.4) is 0 Å². The Hall–Kier alpha value is -1.32. The summed E-state index contributed by atoms with van der Waals surface area (Å²) in [6, 6.07) is 11.0. The first kappa shape index (κ1) is 11.8.